The Kier molecular flexibility index (Phi) is 39.3. The number of carbonyl (C=O) groups is 2. The van der Waals surface area contributed by atoms with Crippen molar-refractivity contribution in [1.29, 1.82) is 0 Å². The molecule has 0 aliphatic carbocycles. The minimum atomic E-state index is -4.93. The van der Waals surface area contributed by atoms with Crippen molar-refractivity contribution in [2.45, 2.75) is 141 Å². The number of allylic oxidation sites excluding steroid dienone is 17. The summed E-state index contributed by atoms with van der Waals surface area (Å²) in [5, 5.41) is 40.3. The van der Waals surface area contributed by atoms with Crippen molar-refractivity contribution in [1.82, 2.24) is 0 Å². The molecule has 6 atom stereocenters. The van der Waals surface area contributed by atoms with Gasteiger partial charge in [-0.05, 0) is 77.0 Å². The zero-order valence-corrected chi connectivity index (χ0v) is 40.4. The van der Waals surface area contributed by atoms with Crippen LogP contribution in [0.4, 0.5) is 0 Å². The first kappa shape index (κ1) is 62.4. The van der Waals surface area contributed by atoms with E-state index in [2.05, 4.69) is 76.7 Å². The van der Waals surface area contributed by atoms with Crippen molar-refractivity contribution in [2.75, 3.05) is 26.4 Å². The van der Waals surface area contributed by atoms with E-state index in [1.54, 1.807) is 42.5 Å². The molecule has 0 aliphatic rings. The van der Waals surface area contributed by atoms with Crippen LogP contribution in [0.2, 0.25) is 0 Å². The molecule has 66 heavy (non-hydrogen) atoms. The van der Waals surface area contributed by atoms with Crippen LogP contribution >= 0.6 is 15.6 Å². The third-order valence-electron chi connectivity index (χ3n) is 8.68. The average Bonchev–Trinajstić information content (AvgIpc) is 3.27. The highest BCUT2D eigenvalue weighted by atomic mass is 31.2. The molecular weight excluding hydrogens is 894 g/mol. The average molecular weight is 971 g/mol. The number of aliphatic hydroxyl groups excluding tert-OH is 4. The van der Waals surface area contributed by atoms with E-state index in [0.717, 1.165) is 57.8 Å². The number of phosphoric ester groups is 2. The third-order valence-corrected chi connectivity index (χ3v) is 10.1. The summed E-state index contributed by atoms with van der Waals surface area (Å²) in [7, 11) is -9.84. The van der Waals surface area contributed by atoms with Gasteiger partial charge in [-0.1, -0.05) is 142 Å². The molecular formula is C48H76O16P2. The molecule has 374 valence electrons. The Morgan fingerprint density at radius 2 is 1.06 bits per heavy atom. The number of hydrogen-bond donors (Lipinski definition) is 7. The summed E-state index contributed by atoms with van der Waals surface area (Å²) in [6, 6.07) is 0. The Bertz CT molecular complexity index is 1670. The summed E-state index contributed by atoms with van der Waals surface area (Å²) in [5.41, 5.74) is 0. The number of esters is 2. The number of hydrogen-bond acceptors (Lipinski definition) is 13. The molecule has 0 aliphatic heterocycles. The Morgan fingerprint density at radius 1 is 0.545 bits per heavy atom. The van der Waals surface area contributed by atoms with Crippen LogP contribution < -0.4 is 0 Å². The van der Waals surface area contributed by atoms with Crippen molar-refractivity contribution >= 4 is 27.6 Å². The second-order valence-electron chi connectivity index (χ2n) is 14.8. The predicted octanol–water partition coefficient (Wildman–Crippen LogP) is 8.58. The van der Waals surface area contributed by atoms with E-state index in [0.29, 0.717) is 12.8 Å². The largest absolute Gasteiger partial charge is 0.472 e. The fourth-order valence-corrected chi connectivity index (χ4v) is 6.34. The fraction of sp³-hybridized carbons (Fsp3) is 0.542. The van der Waals surface area contributed by atoms with Gasteiger partial charge < -0.3 is 44.6 Å². The monoisotopic (exact) mass is 970 g/mol. The number of rotatable bonds is 40. The van der Waals surface area contributed by atoms with Crippen LogP contribution in [-0.2, 0) is 41.8 Å². The minimum Gasteiger partial charge on any atom is -0.462 e. The fourth-order valence-electron chi connectivity index (χ4n) is 5.18. The van der Waals surface area contributed by atoms with Gasteiger partial charge in [-0.3, -0.25) is 23.2 Å². The van der Waals surface area contributed by atoms with Crippen LogP contribution in [0.25, 0.3) is 0 Å². The van der Waals surface area contributed by atoms with Gasteiger partial charge in [-0.25, -0.2) is 9.13 Å². The Morgan fingerprint density at radius 3 is 1.67 bits per heavy atom. The highest BCUT2D eigenvalue weighted by Crippen LogP contribution is 2.43. The van der Waals surface area contributed by atoms with E-state index in [1.807, 2.05) is 19.1 Å². The van der Waals surface area contributed by atoms with Gasteiger partial charge in [0, 0.05) is 12.8 Å². The Labute approximate surface area is 392 Å². The SMILES string of the molecule is CC/C=C\C/C=C\C/C=C\C/C=C\C/C=C\CCCCCC(=O)OC[C@H](COP(=O)(O)OC[C@@H](O)COP(=O)(O)O)OC(=O)CCC[C@@H](O)[C@H](O)\C=C/C=C\C=C\C=C\[C@@H](O)C/C=C\CC. The van der Waals surface area contributed by atoms with Crippen LogP contribution in [0.1, 0.15) is 110 Å². The smallest absolute Gasteiger partial charge is 0.462 e. The predicted molar refractivity (Wildman–Crippen MR) is 257 cm³/mol. The number of aliphatic hydroxyl groups is 4. The standard InChI is InChI=1S/C48H76O16P2/c1-3-5-7-8-9-10-11-12-13-14-15-16-17-18-19-20-21-26-30-36-47(53)60-40-44(41-63-66(58,59)62-39-43(50)38-61-65(55,56)57)64-48(54)37-31-35-46(52)45(51)34-29-25-23-22-24-28-33-42(49)32-27-6-4-2/h5-7,9-10,12-13,15-16,18-19,22-25,27-29,33-34,42-46,49-52H,3-4,8,11,14,17,20-21,26,30-32,35-41H2,1-2H3,(H,58,59)(H2,55,56,57)/b7-5-,10-9-,13-12-,16-15-,19-18-,24-22+,25-23-,27-6-,33-28+,34-29-/t42-,43-,44+,45+,46+/m0/s1. The maximum absolute atomic E-state index is 12.7. The van der Waals surface area contributed by atoms with E-state index in [9.17, 15) is 44.0 Å². The maximum atomic E-state index is 12.7. The van der Waals surface area contributed by atoms with Crippen LogP contribution in [0, 0.1) is 0 Å². The zero-order valence-electron chi connectivity index (χ0n) is 38.6. The van der Waals surface area contributed by atoms with Crippen molar-refractivity contribution < 1.29 is 76.9 Å². The lowest BCUT2D eigenvalue weighted by atomic mass is 10.1. The summed E-state index contributed by atoms with van der Waals surface area (Å²) in [6.45, 7) is 0.996. The van der Waals surface area contributed by atoms with Gasteiger partial charge in [-0.2, -0.15) is 0 Å². The molecule has 0 saturated heterocycles. The lowest BCUT2D eigenvalue weighted by molar-refractivity contribution is -0.161. The second kappa shape index (κ2) is 41.6. The lowest BCUT2D eigenvalue weighted by Crippen LogP contribution is -2.30. The van der Waals surface area contributed by atoms with Crippen LogP contribution in [0.15, 0.2) is 122 Å². The van der Waals surface area contributed by atoms with Crippen LogP contribution in [0.3, 0.4) is 0 Å². The highest BCUT2D eigenvalue weighted by Gasteiger charge is 2.28. The summed E-state index contributed by atoms with van der Waals surface area (Å²) in [6.07, 6.45) is 41.3. The van der Waals surface area contributed by atoms with Crippen LogP contribution in [0.5, 0.6) is 0 Å². The molecule has 0 heterocycles. The van der Waals surface area contributed by atoms with Crippen LogP contribution in [-0.4, -0.2) is 104 Å². The maximum Gasteiger partial charge on any atom is 0.472 e. The topological polar surface area (TPSA) is 256 Å². The molecule has 0 aromatic heterocycles. The molecule has 0 spiro atoms. The molecule has 18 heteroatoms. The summed E-state index contributed by atoms with van der Waals surface area (Å²) >= 11 is 0. The lowest BCUT2D eigenvalue weighted by Gasteiger charge is -2.21. The van der Waals surface area contributed by atoms with Crippen molar-refractivity contribution in [3.63, 3.8) is 0 Å². The molecule has 0 aromatic rings. The number of ether oxygens (including phenoxy) is 2. The van der Waals surface area contributed by atoms with Crippen molar-refractivity contribution in [3.05, 3.63) is 122 Å². The second-order valence-corrected chi connectivity index (χ2v) is 17.5. The number of unbranched alkanes of at least 4 members (excludes halogenated alkanes) is 3. The number of carbonyl (C=O) groups excluding carboxylic acids is 2. The van der Waals surface area contributed by atoms with Gasteiger partial charge in [0.1, 0.15) is 12.7 Å². The van der Waals surface area contributed by atoms with E-state index in [-0.39, 0.29) is 25.7 Å². The number of phosphoric acid groups is 2. The minimum absolute atomic E-state index is 0.00968. The summed E-state index contributed by atoms with van der Waals surface area (Å²) < 4.78 is 47.5. The van der Waals surface area contributed by atoms with Crippen molar-refractivity contribution in [2.24, 2.45) is 0 Å². The van der Waals surface area contributed by atoms with E-state index in [1.165, 1.54) is 6.08 Å². The van der Waals surface area contributed by atoms with Gasteiger partial charge >= 0.3 is 27.6 Å². The molecule has 0 rings (SSSR count). The first-order chi connectivity index (χ1) is 31.6. The van der Waals surface area contributed by atoms with E-state index < -0.39 is 84.5 Å². The summed E-state index contributed by atoms with van der Waals surface area (Å²) in [4.78, 5) is 52.8. The molecule has 0 fully saturated rings. The molecule has 0 saturated carbocycles. The molecule has 0 aromatic carbocycles. The molecule has 0 amide bonds. The van der Waals surface area contributed by atoms with Gasteiger partial charge in [0.25, 0.3) is 0 Å². The van der Waals surface area contributed by atoms with E-state index in [4.69, 9.17) is 23.8 Å². The highest BCUT2D eigenvalue weighted by molar-refractivity contribution is 7.47. The molecule has 7 N–H and O–H groups in total. The molecule has 1 unspecified atom stereocenters. The van der Waals surface area contributed by atoms with Crippen molar-refractivity contribution in [3.8, 4) is 0 Å². The molecule has 0 bridgehead atoms. The first-order valence-corrected chi connectivity index (χ1v) is 25.6. The molecule has 0 radical (unpaired) electrons. The third kappa shape index (κ3) is 43.0. The van der Waals surface area contributed by atoms with Gasteiger partial charge in [0.05, 0.1) is 38.1 Å². The quantitative estimate of drug-likeness (QED) is 0.00997. The van der Waals surface area contributed by atoms with E-state index >= 15 is 0 Å². The Balaban J connectivity index is 4.89. The van der Waals surface area contributed by atoms with Gasteiger partial charge in [0.2, 0.25) is 0 Å². The van der Waals surface area contributed by atoms with Gasteiger partial charge in [-0.15, -0.1) is 0 Å². The first-order valence-electron chi connectivity index (χ1n) is 22.6. The van der Waals surface area contributed by atoms with Gasteiger partial charge in [0.15, 0.2) is 6.10 Å². The zero-order chi connectivity index (χ0) is 49.2. The molecule has 16 nitrogen and oxygen atoms in total. The normalized spacial score (nSPS) is 16.4. The summed E-state index contributed by atoms with van der Waals surface area (Å²) in [5.74, 6) is -1.42. The Hall–Kier alpha value is -3.60.